The van der Waals surface area contributed by atoms with Crippen molar-refractivity contribution in [2.45, 2.75) is 17.8 Å². The molecular formula is C18H12ClF4N3O4S2. The van der Waals surface area contributed by atoms with Gasteiger partial charge in [-0.05, 0) is 35.9 Å². The van der Waals surface area contributed by atoms with Crippen LogP contribution in [0, 0.1) is 5.82 Å². The normalized spacial score (nSPS) is 11.8. The van der Waals surface area contributed by atoms with Gasteiger partial charge in [-0.15, -0.1) is 13.2 Å². The average molecular weight is 510 g/mol. The van der Waals surface area contributed by atoms with E-state index < -0.39 is 38.8 Å². The summed E-state index contributed by atoms with van der Waals surface area (Å²) in [5.74, 6) is -2.30. The Balaban J connectivity index is 1.64. The Bertz CT molecular complexity index is 1230. The molecule has 3 rings (SSSR count). The topological polar surface area (TPSA) is 97.4 Å². The van der Waals surface area contributed by atoms with E-state index in [1.54, 1.807) is 0 Å². The van der Waals surface area contributed by atoms with Crippen molar-refractivity contribution in [2.75, 3.05) is 4.72 Å². The quantitative estimate of drug-likeness (QED) is 0.455. The number of hydrogen-bond donors (Lipinski definition) is 2. The Hall–Kier alpha value is -2.90. The highest BCUT2D eigenvalue weighted by atomic mass is 35.5. The molecular weight excluding hydrogens is 498 g/mol. The summed E-state index contributed by atoms with van der Waals surface area (Å²) in [7, 11) is -4.30. The van der Waals surface area contributed by atoms with Gasteiger partial charge in [0.25, 0.3) is 15.9 Å². The molecule has 32 heavy (non-hydrogen) atoms. The number of nitrogens with zero attached hydrogens (tertiary/aromatic N) is 1. The number of alkyl halides is 3. The third-order valence-electron chi connectivity index (χ3n) is 3.79. The average Bonchev–Trinajstić information content (AvgIpc) is 3.09. The maximum absolute atomic E-state index is 14.4. The Kier molecular flexibility index (Phi) is 6.91. The van der Waals surface area contributed by atoms with Crippen molar-refractivity contribution < 1.29 is 35.5 Å². The van der Waals surface area contributed by atoms with E-state index in [1.165, 1.54) is 18.3 Å². The summed E-state index contributed by atoms with van der Waals surface area (Å²) in [4.78, 5) is 15.3. The molecule has 0 fully saturated rings. The summed E-state index contributed by atoms with van der Waals surface area (Å²) in [5.41, 5.74) is 0.301. The van der Waals surface area contributed by atoms with E-state index in [-0.39, 0.29) is 21.6 Å². The summed E-state index contributed by atoms with van der Waals surface area (Å²) in [5, 5.41) is 2.40. The van der Waals surface area contributed by atoms with Gasteiger partial charge in [-0.3, -0.25) is 9.52 Å². The van der Waals surface area contributed by atoms with Gasteiger partial charge in [0.15, 0.2) is 5.13 Å². The molecule has 1 amide bonds. The predicted molar refractivity (Wildman–Crippen MR) is 109 cm³/mol. The lowest BCUT2D eigenvalue weighted by atomic mass is 10.2. The molecule has 14 heteroatoms. The zero-order chi connectivity index (χ0) is 23.5. The lowest BCUT2D eigenvalue weighted by Gasteiger charge is -2.10. The Morgan fingerprint density at radius 1 is 1.16 bits per heavy atom. The van der Waals surface area contributed by atoms with Crippen LogP contribution in [0.15, 0.2) is 53.6 Å². The van der Waals surface area contributed by atoms with Crippen molar-refractivity contribution >= 4 is 44.0 Å². The van der Waals surface area contributed by atoms with Crippen LogP contribution in [0.3, 0.4) is 0 Å². The van der Waals surface area contributed by atoms with Crippen LogP contribution in [0.5, 0.6) is 5.75 Å². The van der Waals surface area contributed by atoms with E-state index >= 15 is 0 Å². The van der Waals surface area contributed by atoms with Crippen molar-refractivity contribution in [3.05, 3.63) is 69.9 Å². The van der Waals surface area contributed by atoms with Gasteiger partial charge in [0.1, 0.15) is 20.8 Å². The van der Waals surface area contributed by atoms with Crippen molar-refractivity contribution in [3.63, 3.8) is 0 Å². The minimum absolute atomic E-state index is 0.0529. The minimum atomic E-state index is -4.82. The standard InChI is InChI=1S/C18H12ClF4N3O4S2/c19-15-9-25-17(31-15)26-32(28,29)14-6-3-11(7-13(14)20)16(27)24-8-10-1-4-12(5-2-10)30-18(21,22)23/h1-7,9H,8H2,(H,24,27)(H,25,26). The second-order valence-corrected chi connectivity index (χ2v) is 9.41. The molecule has 2 aromatic carbocycles. The number of rotatable bonds is 7. The number of thiazole rings is 1. The van der Waals surface area contributed by atoms with Crippen molar-refractivity contribution in [3.8, 4) is 5.75 Å². The van der Waals surface area contributed by atoms with Crippen LogP contribution in [-0.4, -0.2) is 25.7 Å². The maximum Gasteiger partial charge on any atom is 0.573 e. The Morgan fingerprint density at radius 2 is 1.84 bits per heavy atom. The molecule has 0 atom stereocenters. The zero-order valence-electron chi connectivity index (χ0n) is 15.6. The monoisotopic (exact) mass is 509 g/mol. The highest BCUT2D eigenvalue weighted by molar-refractivity contribution is 7.93. The van der Waals surface area contributed by atoms with Crippen LogP contribution in [-0.2, 0) is 16.6 Å². The molecule has 0 aliphatic carbocycles. The van der Waals surface area contributed by atoms with E-state index in [4.69, 9.17) is 11.6 Å². The van der Waals surface area contributed by atoms with Crippen LogP contribution in [0.2, 0.25) is 4.34 Å². The number of hydrogen-bond acceptors (Lipinski definition) is 6. The van der Waals surface area contributed by atoms with E-state index in [2.05, 4.69) is 19.8 Å². The van der Waals surface area contributed by atoms with Gasteiger partial charge in [0.05, 0.1) is 6.20 Å². The molecule has 1 heterocycles. The molecule has 0 saturated carbocycles. The predicted octanol–water partition coefficient (Wildman–Crippen LogP) is 4.57. The molecule has 170 valence electrons. The smallest absolute Gasteiger partial charge is 0.406 e. The molecule has 0 bridgehead atoms. The highest BCUT2D eigenvalue weighted by Gasteiger charge is 2.31. The Labute approximate surface area is 188 Å². The van der Waals surface area contributed by atoms with Crippen molar-refractivity contribution in [1.29, 1.82) is 0 Å². The first kappa shape index (κ1) is 23.8. The summed E-state index contributed by atoms with van der Waals surface area (Å²) in [6.45, 7) is -0.0703. The van der Waals surface area contributed by atoms with Gasteiger partial charge < -0.3 is 10.1 Å². The van der Waals surface area contributed by atoms with E-state index in [1.807, 2.05) is 0 Å². The van der Waals surface area contributed by atoms with Gasteiger partial charge in [0.2, 0.25) is 0 Å². The van der Waals surface area contributed by atoms with Gasteiger partial charge in [0, 0.05) is 12.1 Å². The number of carbonyl (C=O) groups is 1. The van der Waals surface area contributed by atoms with E-state index in [0.29, 0.717) is 5.56 Å². The number of aromatic nitrogens is 1. The second kappa shape index (κ2) is 9.30. The fraction of sp³-hybridized carbons (Fsp3) is 0.111. The number of ether oxygens (including phenoxy) is 1. The molecule has 0 saturated heterocycles. The van der Waals surface area contributed by atoms with E-state index in [0.717, 1.165) is 41.7 Å². The van der Waals surface area contributed by atoms with Crippen molar-refractivity contribution in [1.82, 2.24) is 10.3 Å². The van der Waals surface area contributed by atoms with Gasteiger partial charge in [-0.1, -0.05) is 35.1 Å². The zero-order valence-corrected chi connectivity index (χ0v) is 18.0. The maximum atomic E-state index is 14.4. The number of halogens is 5. The SMILES string of the molecule is O=C(NCc1ccc(OC(F)(F)F)cc1)c1ccc(S(=O)(=O)Nc2ncc(Cl)s2)c(F)c1. The first-order valence-electron chi connectivity index (χ1n) is 8.49. The number of nitrogens with one attached hydrogen (secondary N) is 2. The Morgan fingerprint density at radius 3 is 2.41 bits per heavy atom. The third-order valence-corrected chi connectivity index (χ3v) is 6.32. The van der Waals surface area contributed by atoms with Gasteiger partial charge in [-0.25, -0.2) is 17.8 Å². The molecule has 0 unspecified atom stereocenters. The molecule has 0 radical (unpaired) electrons. The van der Waals surface area contributed by atoms with Gasteiger partial charge >= 0.3 is 6.36 Å². The summed E-state index contributed by atoms with van der Waals surface area (Å²) in [6, 6.07) is 7.57. The molecule has 0 aliphatic rings. The van der Waals surface area contributed by atoms with Crippen LogP contribution in [0.25, 0.3) is 0 Å². The van der Waals surface area contributed by atoms with Crippen LogP contribution >= 0.6 is 22.9 Å². The molecule has 2 N–H and O–H groups in total. The number of anilines is 1. The largest absolute Gasteiger partial charge is 0.573 e. The van der Waals surface area contributed by atoms with Crippen molar-refractivity contribution in [2.24, 2.45) is 0 Å². The summed E-state index contributed by atoms with van der Waals surface area (Å²) in [6.07, 6.45) is -3.59. The fourth-order valence-electron chi connectivity index (χ4n) is 2.42. The minimum Gasteiger partial charge on any atom is -0.406 e. The highest BCUT2D eigenvalue weighted by Crippen LogP contribution is 2.26. The summed E-state index contributed by atoms with van der Waals surface area (Å²) < 4.78 is 81.6. The lowest BCUT2D eigenvalue weighted by molar-refractivity contribution is -0.274. The molecule has 0 aliphatic heterocycles. The van der Waals surface area contributed by atoms with Crippen LogP contribution in [0.4, 0.5) is 22.7 Å². The number of benzene rings is 2. The lowest BCUT2D eigenvalue weighted by Crippen LogP contribution is -2.23. The summed E-state index contributed by atoms with van der Waals surface area (Å²) >= 11 is 6.53. The van der Waals surface area contributed by atoms with E-state index in [9.17, 15) is 30.8 Å². The number of carbonyl (C=O) groups excluding carboxylic acids is 1. The van der Waals surface area contributed by atoms with Crippen LogP contribution in [0.1, 0.15) is 15.9 Å². The first-order valence-corrected chi connectivity index (χ1v) is 11.2. The number of sulfonamides is 1. The molecule has 3 aromatic rings. The number of amides is 1. The third kappa shape index (κ3) is 6.31. The van der Waals surface area contributed by atoms with Crippen LogP contribution < -0.4 is 14.8 Å². The van der Waals surface area contributed by atoms with Gasteiger partial charge in [-0.2, -0.15) is 0 Å². The first-order chi connectivity index (χ1) is 14.9. The molecule has 0 spiro atoms. The second-order valence-electron chi connectivity index (χ2n) is 6.09. The fourth-order valence-corrected chi connectivity index (χ4v) is 4.54. The molecule has 1 aromatic heterocycles. The molecule has 7 nitrogen and oxygen atoms in total.